The normalized spacial score (nSPS) is 10.5. The van der Waals surface area contributed by atoms with Gasteiger partial charge in [-0.2, -0.15) is 0 Å². The Hall–Kier alpha value is -2.30. The monoisotopic (exact) mass is 274 g/mol. The molecule has 0 saturated carbocycles. The van der Waals surface area contributed by atoms with Crippen LogP contribution >= 0.6 is 0 Å². The van der Waals surface area contributed by atoms with Crippen molar-refractivity contribution in [2.75, 3.05) is 25.6 Å². The molecule has 1 aromatic carbocycles. The fraction of sp³-hybridized carbons (Fsp3) is 0.333. The summed E-state index contributed by atoms with van der Waals surface area (Å²) in [6, 6.07) is 7.78. The first-order valence-electron chi connectivity index (χ1n) is 6.47. The number of hydrogen-bond donors (Lipinski definition) is 1. The minimum absolute atomic E-state index is 0.170. The maximum absolute atomic E-state index is 10.6. The first-order valence-corrected chi connectivity index (χ1v) is 6.47. The Kier molecular flexibility index (Phi) is 4.40. The average Bonchev–Trinajstić information content (AvgIpc) is 2.45. The van der Waals surface area contributed by atoms with Crippen LogP contribution in [0.15, 0.2) is 30.5 Å². The highest BCUT2D eigenvalue weighted by atomic mass is 16.5. The molecule has 0 bridgehead atoms. The van der Waals surface area contributed by atoms with E-state index in [9.17, 15) is 4.79 Å². The van der Waals surface area contributed by atoms with E-state index in [1.165, 1.54) is 0 Å². The molecule has 1 N–H and O–H groups in total. The Morgan fingerprint density at radius 1 is 1.40 bits per heavy atom. The fourth-order valence-electron chi connectivity index (χ4n) is 2.14. The zero-order valence-electron chi connectivity index (χ0n) is 11.7. The molecule has 2 rings (SSSR count). The number of anilines is 1. The standard InChI is InChI=1S/C15H18N2O3/c1-17(9-3-4-14(18)19)15-13-6-5-12(20-2)10-11(13)7-8-16-15/h5-8,10H,3-4,9H2,1-2H3,(H,18,19). The summed E-state index contributed by atoms with van der Waals surface area (Å²) in [5.41, 5.74) is 0. The van der Waals surface area contributed by atoms with E-state index in [2.05, 4.69) is 4.98 Å². The van der Waals surface area contributed by atoms with Gasteiger partial charge in [0.25, 0.3) is 0 Å². The Balaban J connectivity index is 2.22. The molecule has 0 radical (unpaired) electrons. The molecule has 0 aliphatic carbocycles. The molecule has 0 saturated heterocycles. The van der Waals surface area contributed by atoms with Crippen LogP contribution in [0.25, 0.3) is 10.8 Å². The second-order valence-corrected chi connectivity index (χ2v) is 4.64. The lowest BCUT2D eigenvalue weighted by atomic mass is 10.1. The van der Waals surface area contributed by atoms with Crippen LogP contribution in [0.1, 0.15) is 12.8 Å². The number of nitrogens with zero attached hydrogens (tertiary/aromatic N) is 2. The van der Waals surface area contributed by atoms with Gasteiger partial charge in [-0.3, -0.25) is 4.79 Å². The summed E-state index contributed by atoms with van der Waals surface area (Å²) in [6.45, 7) is 0.657. The number of hydrogen-bond acceptors (Lipinski definition) is 4. The number of aromatic nitrogens is 1. The third-order valence-electron chi connectivity index (χ3n) is 3.20. The molecule has 0 aliphatic rings. The maximum Gasteiger partial charge on any atom is 0.303 e. The minimum Gasteiger partial charge on any atom is -0.497 e. The third kappa shape index (κ3) is 3.17. The van der Waals surface area contributed by atoms with E-state index in [1.54, 1.807) is 13.3 Å². The molecule has 2 aromatic rings. The van der Waals surface area contributed by atoms with E-state index in [4.69, 9.17) is 9.84 Å². The number of carboxylic acids is 1. The van der Waals surface area contributed by atoms with E-state index in [0.29, 0.717) is 13.0 Å². The van der Waals surface area contributed by atoms with E-state index < -0.39 is 5.97 Å². The summed E-state index contributed by atoms with van der Waals surface area (Å²) in [4.78, 5) is 16.9. The zero-order valence-corrected chi connectivity index (χ0v) is 11.7. The van der Waals surface area contributed by atoms with Crippen LogP contribution in [0, 0.1) is 0 Å². The average molecular weight is 274 g/mol. The van der Waals surface area contributed by atoms with Crippen LogP contribution in [0.4, 0.5) is 5.82 Å². The van der Waals surface area contributed by atoms with Crippen LogP contribution < -0.4 is 9.64 Å². The van der Waals surface area contributed by atoms with Gasteiger partial charge in [-0.1, -0.05) is 0 Å². The van der Waals surface area contributed by atoms with Crippen molar-refractivity contribution >= 4 is 22.6 Å². The van der Waals surface area contributed by atoms with Gasteiger partial charge < -0.3 is 14.7 Å². The molecular formula is C15H18N2O3. The van der Waals surface area contributed by atoms with Crippen LogP contribution in [-0.2, 0) is 4.79 Å². The number of fused-ring (bicyclic) bond motifs is 1. The van der Waals surface area contributed by atoms with Gasteiger partial charge in [-0.15, -0.1) is 0 Å². The highest BCUT2D eigenvalue weighted by Gasteiger charge is 2.09. The van der Waals surface area contributed by atoms with E-state index in [-0.39, 0.29) is 6.42 Å². The largest absolute Gasteiger partial charge is 0.497 e. The molecule has 0 unspecified atom stereocenters. The SMILES string of the molecule is COc1ccc2c(N(C)CCCC(=O)O)nccc2c1. The van der Waals surface area contributed by atoms with Gasteiger partial charge in [0.15, 0.2) is 0 Å². The van der Waals surface area contributed by atoms with Crippen molar-refractivity contribution in [2.45, 2.75) is 12.8 Å². The van der Waals surface area contributed by atoms with Crippen LogP contribution in [0.5, 0.6) is 5.75 Å². The van der Waals surface area contributed by atoms with Crippen molar-refractivity contribution in [3.8, 4) is 5.75 Å². The Labute approximate surface area is 117 Å². The minimum atomic E-state index is -0.769. The van der Waals surface area contributed by atoms with Gasteiger partial charge in [0, 0.05) is 31.6 Å². The molecule has 0 atom stereocenters. The van der Waals surface area contributed by atoms with Crippen LogP contribution in [0.2, 0.25) is 0 Å². The summed E-state index contributed by atoms with van der Waals surface area (Å²) < 4.78 is 5.21. The lowest BCUT2D eigenvalue weighted by Crippen LogP contribution is -2.20. The van der Waals surface area contributed by atoms with Crippen molar-refractivity contribution in [2.24, 2.45) is 0 Å². The van der Waals surface area contributed by atoms with Gasteiger partial charge >= 0.3 is 5.97 Å². The first-order chi connectivity index (χ1) is 9.61. The lowest BCUT2D eigenvalue weighted by Gasteiger charge is -2.19. The summed E-state index contributed by atoms with van der Waals surface area (Å²) in [5, 5.41) is 10.8. The Morgan fingerprint density at radius 2 is 2.20 bits per heavy atom. The maximum atomic E-state index is 10.6. The Morgan fingerprint density at radius 3 is 2.90 bits per heavy atom. The number of ether oxygens (including phenoxy) is 1. The van der Waals surface area contributed by atoms with E-state index in [0.717, 1.165) is 22.3 Å². The summed E-state index contributed by atoms with van der Waals surface area (Å²) >= 11 is 0. The highest BCUT2D eigenvalue weighted by molar-refractivity contribution is 5.93. The number of rotatable bonds is 6. The molecule has 1 heterocycles. The Bertz CT molecular complexity index is 613. The molecule has 0 spiro atoms. The molecule has 5 nitrogen and oxygen atoms in total. The van der Waals surface area contributed by atoms with Gasteiger partial charge in [0.2, 0.25) is 0 Å². The lowest BCUT2D eigenvalue weighted by molar-refractivity contribution is -0.137. The van der Waals surface area contributed by atoms with Gasteiger partial charge in [0.1, 0.15) is 11.6 Å². The van der Waals surface area contributed by atoms with Crippen molar-refractivity contribution < 1.29 is 14.6 Å². The molecule has 106 valence electrons. The van der Waals surface area contributed by atoms with Gasteiger partial charge in [-0.25, -0.2) is 4.98 Å². The van der Waals surface area contributed by atoms with Gasteiger partial charge in [-0.05, 0) is 36.1 Å². The fourth-order valence-corrected chi connectivity index (χ4v) is 2.14. The summed E-state index contributed by atoms with van der Waals surface area (Å²) in [7, 11) is 3.56. The predicted octanol–water partition coefficient (Wildman–Crippen LogP) is 2.54. The van der Waals surface area contributed by atoms with Crippen molar-refractivity contribution in [1.29, 1.82) is 0 Å². The smallest absolute Gasteiger partial charge is 0.303 e. The molecule has 1 aromatic heterocycles. The molecular weight excluding hydrogens is 256 g/mol. The number of methoxy groups -OCH3 is 1. The number of aliphatic carboxylic acids is 1. The number of carbonyl (C=O) groups is 1. The van der Waals surface area contributed by atoms with E-state index in [1.807, 2.05) is 36.2 Å². The second kappa shape index (κ2) is 6.23. The highest BCUT2D eigenvalue weighted by Crippen LogP contribution is 2.27. The second-order valence-electron chi connectivity index (χ2n) is 4.64. The summed E-state index contributed by atoms with van der Waals surface area (Å²) in [5.74, 6) is 0.896. The molecule has 0 amide bonds. The van der Waals surface area contributed by atoms with Crippen molar-refractivity contribution in [3.05, 3.63) is 30.5 Å². The van der Waals surface area contributed by atoms with Gasteiger partial charge in [0.05, 0.1) is 7.11 Å². The van der Waals surface area contributed by atoms with Crippen molar-refractivity contribution in [1.82, 2.24) is 4.98 Å². The van der Waals surface area contributed by atoms with Crippen molar-refractivity contribution in [3.63, 3.8) is 0 Å². The quantitative estimate of drug-likeness (QED) is 0.877. The van der Waals surface area contributed by atoms with Crippen LogP contribution in [-0.4, -0.2) is 36.8 Å². The number of benzene rings is 1. The molecule has 20 heavy (non-hydrogen) atoms. The number of carboxylic acid groups (broad SMARTS) is 1. The third-order valence-corrected chi connectivity index (χ3v) is 3.20. The zero-order chi connectivity index (χ0) is 14.5. The molecule has 0 aliphatic heterocycles. The van der Waals surface area contributed by atoms with E-state index >= 15 is 0 Å². The topological polar surface area (TPSA) is 62.7 Å². The summed E-state index contributed by atoms with van der Waals surface area (Å²) in [6.07, 6.45) is 2.52. The molecule has 5 heteroatoms. The number of pyridine rings is 1. The molecule has 0 fully saturated rings. The van der Waals surface area contributed by atoms with Crippen LogP contribution in [0.3, 0.4) is 0 Å². The first kappa shape index (κ1) is 14.1. The predicted molar refractivity (Wildman–Crippen MR) is 78.4 cm³/mol.